The highest BCUT2D eigenvalue weighted by Crippen LogP contribution is 2.09. The number of carbonyl (C=O) groups excluding carboxylic acids is 1. The SMILES string of the molecule is C=CC(=O)Nc1nccn1Cc1ccccc1. The van der Waals surface area contributed by atoms with Crippen LogP contribution in [-0.4, -0.2) is 15.5 Å². The molecule has 1 heterocycles. The first-order valence-electron chi connectivity index (χ1n) is 5.28. The molecule has 1 aromatic carbocycles. The molecule has 0 aliphatic carbocycles. The first-order valence-corrected chi connectivity index (χ1v) is 5.28. The van der Waals surface area contributed by atoms with Gasteiger partial charge in [-0.25, -0.2) is 4.98 Å². The first-order chi connectivity index (χ1) is 8.29. The predicted molar refractivity (Wildman–Crippen MR) is 66.6 cm³/mol. The van der Waals surface area contributed by atoms with Crippen LogP contribution in [0.4, 0.5) is 5.95 Å². The van der Waals surface area contributed by atoms with Crippen LogP contribution in [-0.2, 0) is 11.3 Å². The van der Waals surface area contributed by atoms with Crippen LogP contribution in [0.25, 0.3) is 0 Å². The lowest BCUT2D eigenvalue weighted by Gasteiger charge is -2.07. The Morgan fingerprint density at radius 2 is 2.18 bits per heavy atom. The van der Waals surface area contributed by atoms with Crippen LogP contribution >= 0.6 is 0 Å². The van der Waals surface area contributed by atoms with Gasteiger partial charge in [-0.1, -0.05) is 36.9 Å². The molecule has 0 radical (unpaired) electrons. The van der Waals surface area contributed by atoms with Gasteiger partial charge in [-0.3, -0.25) is 10.1 Å². The number of hydrogen-bond donors (Lipinski definition) is 1. The summed E-state index contributed by atoms with van der Waals surface area (Å²) in [5, 5.41) is 2.66. The van der Waals surface area contributed by atoms with Crippen molar-refractivity contribution in [1.29, 1.82) is 0 Å². The monoisotopic (exact) mass is 227 g/mol. The Kier molecular flexibility index (Phi) is 3.35. The van der Waals surface area contributed by atoms with Crippen molar-refractivity contribution in [2.24, 2.45) is 0 Å². The van der Waals surface area contributed by atoms with Crippen LogP contribution in [0.2, 0.25) is 0 Å². The average molecular weight is 227 g/mol. The van der Waals surface area contributed by atoms with E-state index < -0.39 is 0 Å². The third kappa shape index (κ3) is 2.81. The van der Waals surface area contributed by atoms with Gasteiger partial charge in [0.15, 0.2) is 0 Å². The van der Waals surface area contributed by atoms with Crippen molar-refractivity contribution in [1.82, 2.24) is 9.55 Å². The highest BCUT2D eigenvalue weighted by atomic mass is 16.1. The number of imidazole rings is 1. The molecule has 1 N–H and O–H groups in total. The summed E-state index contributed by atoms with van der Waals surface area (Å²) in [5.41, 5.74) is 1.15. The Bertz CT molecular complexity index is 516. The number of amides is 1. The zero-order valence-electron chi connectivity index (χ0n) is 9.34. The molecule has 4 heteroatoms. The third-order valence-corrected chi connectivity index (χ3v) is 2.33. The van der Waals surface area contributed by atoms with Crippen molar-refractivity contribution in [2.75, 3.05) is 5.32 Å². The van der Waals surface area contributed by atoms with Crippen LogP contribution in [0, 0.1) is 0 Å². The molecule has 86 valence electrons. The van der Waals surface area contributed by atoms with Crippen molar-refractivity contribution < 1.29 is 4.79 Å². The Labute approximate surface area is 99.6 Å². The summed E-state index contributed by atoms with van der Waals surface area (Å²) in [6, 6.07) is 9.98. The molecular formula is C13H13N3O. The predicted octanol–water partition coefficient (Wildman–Crippen LogP) is 2.06. The first kappa shape index (κ1) is 11.1. The van der Waals surface area contributed by atoms with E-state index >= 15 is 0 Å². The van der Waals surface area contributed by atoms with Gasteiger partial charge in [0, 0.05) is 12.4 Å². The standard InChI is InChI=1S/C13H13N3O/c1-2-12(17)15-13-14-8-9-16(13)10-11-6-4-3-5-7-11/h2-9H,1,10H2,(H,14,15,17). The van der Waals surface area contributed by atoms with E-state index in [-0.39, 0.29) is 5.91 Å². The topological polar surface area (TPSA) is 46.9 Å². The van der Waals surface area contributed by atoms with Crippen molar-refractivity contribution in [3.63, 3.8) is 0 Å². The number of carbonyl (C=O) groups is 1. The van der Waals surface area contributed by atoms with Gasteiger partial charge in [0.25, 0.3) is 0 Å². The molecule has 0 aliphatic heterocycles. The molecule has 2 aromatic rings. The Morgan fingerprint density at radius 1 is 1.41 bits per heavy atom. The molecule has 0 fully saturated rings. The number of aromatic nitrogens is 2. The number of rotatable bonds is 4. The van der Waals surface area contributed by atoms with E-state index in [0.717, 1.165) is 5.56 Å². The summed E-state index contributed by atoms with van der Waals surface area (Å²) in [6.07, 6.45) is 4.70. The fourth-order valence-corrected chi connectivity index (χ4v) is 1.50. The Balaban J connectivity index is 2.14. The van der Waals surface area contributed by atoms with Gasteiger partial charge in [-0.05, 0) is 11.6 Å². The fourth-order valence-electron chi connectivity index (χ4n) is 1.50. The molecule has 0 saturated carbocycles. The molecule has 0 saturated heterocycles. The maximum absolute atomic E-state index is 11.2. The molecule has 4 nitrogen and oxygen atoms in total. The molecule has 1 aromatic heterocycles. The molecule has 0 bridgehead atoms. The number of hydrogen-bond acceptors (Lipinski definition) is 2. The minimum Gasteiger partial charge on any atom is -0.313 e. The quantitative estimate of drug-likeness (QED) is 0.813. The zero-order valence-corrected chi connectivity index (χ0v) is 9.34. The van der Waals surface area contributed by atoms with E-state index in [1.165, 1.54) is 6.08 Å². The molecule has 0 unspecified atom stereocenters. The van der Waals surface area contributed by atoms with Gasteiger partial charge in [0.1, 0.15) is 0 Å². The molecule has 0 spiro atoms. The number of anilines is 1. The fraction of sp³-hybridized carbons (Fsp3) is 0.0769. The summed E-state index contributed by atoms with van der Waals surface area (Å²) in [7, 11) is 0. The molecular weight excluding hydrogens is 214 g/mol. The van der Waals surface area contributed by atoms with Crippen molar-refractivity contribution in [3.8, 4) is 0 Å². The van der Waals surface area contributed by atoms with Gasteiger partial charge in [0.05, 0.1) is 6.54 Å². The minimum atomic E-state index is -0.259. The van der Waals surface area contributed by atoms with Crippen LogP contribution in [0.15, 0.2) is 55.4 Å². The number of benzene rings is 1. The van der Waals surface area contributed by atoms with Gasteiger partial charge < -0.3 is 4.57 Å². The smallest absolute Gasteiger partial charge is 0.250 e. The summed E-state index contributed by atoms with van der Waals surface area (Å²) in [5.74, 6) is 0.268. The average Bonchev–Trinajstić information content (AvgIpc) is 2.78. The number of nitrogens with zero attached hydrogens (tertiary/aromatic N) is 2. The summed E-state index contributed by atoms with van der Waals surface area (Å²) < 4.78 is 1.87. The second kappa shape index (κ2) is 5.12. The molecule has 1 amide bonds. The van der Waals surface area contributed by atoms with E-state index in [4.69, 9.17) is 0 Å². The number of nitrogens with one attached hydrogen (secondary N) is 1. The second-order valence-corrected chi connectivity index (χ2v) is 3.56. The Morgan fingerprint density at radius 3 is 2.88 bits per heavy atom. The van der Waals surface area contributed by atoms with Crippen molar-refractivity contribution in [2.45, 2.75) is 6.54 Å². The summed E-state index contributed by atoms with van der Waals surface area (Å²) >= 11 is 0. The maximum Gasteiger partial charge on any atom is 0.250 e. The second-order valence-electron chi connectivity index (χ2n) is 3.56. The lowest BCUT2D eigenvalue weighted by atomic mass is 10.2. The zero-order chi connectivity index (χ0) is 12.1. The van der Waals surface area contributed by atoms with Gasteiger partial charge in [-0.2, -0.15) is 0 Å². The van der Waals surface area contributed by atoms with E-state index in [9.17, 15) is 4.79 Å². The molecule has 2 rings (SSSR count). The lowest BCUT2D eigenvalue weighted by molar-refractivity contribution is -0.111. The van der Waals surface area contributed by atoms with E-state index in [1.54, 1.807) is 6.20 Å². The largest absolute Gasteiger partial charge is 0.313 e. The van der Waals surface area contributed by atoms with Crippen LogP contribution in [0.1, 0.15) is 5.56 Å². The van der Waals surface area contributed by atoms with Gasteiger partial charge in [-0.15, -0.1) is 0 Å². The maximum atomic E-state index is 11.2. The van der Waals surface area contributed by atoms with E-state index in [2.05, 4.69) is 16.9 Å². The van der Waals surface area contributed by atoms with Crippen molar-refractivity contribution in [3.05, 3.63) is 60.9 Å². The van der Waals surface area contributed by atoms with Crippen molar-refractivity contribution >= 4 is 11.9 Å². The highest BCUT2D eigenvalue weighted by Gasteiger charge is 2.05. The van der Waals surface area contributed by atoms with Gasteiger partial charge >= 0.3 is 0 Å². The van der Waals surface area contributed by atoms with Gasteiger partial charge in [0.2, 0.25) is 11.9 Å². The van der Waals surface area contributed by atoms with Crippen LogP contribution in [0.3, 0.4) is 0 Å². The van der Waals surface area contributed by atoms with E-state index in [0.29, 0.717) is 12.5 Å². The normalized spacial score (nSPS) is 9.88. The van der Waals surface area contributed by atoms with Crippen LogP contribution in [0.5, 0.6) is 0 Å². The molecule has 0 aliphatic rings. The Hall–Kier alpha value is -2.36. The minimum absolute atomic E-state index is 0.259. The van der Waals surface area contributed by atoms with E-state index in [1.807, 2.05) is 41.1 Å². The third-order valence-electron chi connectivity index (χ3n) is 2.33. The lowest BCUT2D eigenvalue weighted by Crippen LogP contribution is -2.13. The summed E-state index contributed by atoms with van der Waals surface area (Å²) in [4.78, 5) is 15.3. The summed E-state index contributed by atoms with van der Waals surface area (Å²) in [6.45, 7) is 4.08. The van der Waals surface area contributed by atoms with Crippen LogP contribution < -0.4 is 5.32 Å². The molecule has 17 heavy (non-hydrogen) atoms. The molecule has 0 atom stereocenters. The highest BCUT2D eigenvalue weighted by molar-refractivity contribution is 5.97.